The van der Waals surface area contributed by atoms with Gasteiger partial charge in [0.05, 0.1) is 0 Å². The smallest absolute Gasteiger partial charge is 0.267 e. The lowest BCUT2D eigenvalue weighted by atomic mass is 10.3. The molecule has 0 aliphatic heterocycles. The molecule has 0 amide bonds. The van der Waals surface area contributed by atoms with Crippen LogP contribution in [0.3, 0.4) is 0 Å². The normalized spacial score (nSPS) is 11.8. The molecular formula is C12H7N3OS. The van der Waals surface area contributed by atoms with Crippen molar-refractivity contribution in [3.8, 4) is 0 Å². The highest BCUT2D eigenvalue weighted by molar-refractivity contribution is 7.17. The summed E-state index contributed by atoms with van der Waals surface area (Å²) in [6, 6.07) is 7.73. The first kappa shape index (κ1) is 8.95. The molecule has 4 aromatic heterocycles. The van der Waals surface area contributed by atoms with E-state index in [1.165, 1.54) is 11.3 Å². The first-order valence-corrected chi connectivity index (χ1v) is 6.09. The van der Waals surface area contributed by atoms with Crippen LogP contribution in [-0.4, -0.2) is 14.4 Å². The zero-order chi connectivity index (χ0) is 11.4. The molecule has 1 N–H and O–H groups in total. The van der Waals surface area contributed by atoms with E-state index in [-0.39, 0.29) is 5.56 Å². The molecule has 4 heterocycles. The van der Waals surface area contributed by atoms with Crippen molar-refractivity contribution in [3.05, 3.63) is 46.2 Å². The van der Waals surface area contributed by atoms with E-state index in [4.69, 9.17) is 0 Å². The maximum atomic E-state index is 11.9. The molecule has 4 aromatic rings. The summed E-state index contributed by atoms with van der Waals surface area (Å²) in [6.45, 7) is 0. The van der Waals surface area contributed by atoms with Gasteiger partial charge in [0, 0.05) is 11.6 Å². The molecule has 0 unspecified atom stereocenters. The predicted molar refractivity (Wildman–Crippen MR) is 68.7 cm³/mol. The lowest BCUT2D eigenvalue weighted by molar-refractivity contribution is 1.17. The molecule has 0 saturated heterocycles. The number of fused-ring (bicyclic) bond motifs is 5. The van der Waals surface area contributed by atoms with Crippen molar-refractivity contribution in [2.24, 2.45) is 0 Å². The Kier molecular flexibility index (Phi) is 1.55. The number of aromatic nitrogens is 3. The van der Waals surface area contributed by atoms with Gasteiger partial charge in [-0.2, -0.15) is 0 Å². The SMILES string of the molecule is O=c1[nH]c2c(nc3ccccn32)c2ccsc12. The molecule has 0 atom stereocenters. The Morgan fingerprint density at radius 1 is 1.29 bits per heavy atom. The molecule has 0 bridgehead atoms. The lowest BCUT2D eigenvalue weighted by Gasteiger charge is -1.94. The number of aromatic amines is 1. The second-order valence-corrected chi connectivity index (χ2v) is 4.77. The summed E-state index contributed by atoms with van der Waals surface area (Å²) < 4.78 is 2.63. The monoisotopic (exact) mass is 241 g/mol. The number of imidazole rings is 1. The van der Waals surface area contributed by atoms with Gasteiger partial charge in [-0.3, -0.25) is 9.20 Å². The molecule has 0 radical (unpaired) electrons. The molecular weight excluding hydrogens is 234 g/mol. The first-order valence-electron chi connectivity index (χ1n) is 5.21. The fourth-order valence-corrected chi connectivity index (χ4v) is 2.93. The minimum atomic E-state index is -0.0480. The maximum Gasteiger partial charge on any atom is 0.267 e. The van der Waals surface area contributed by atoms with Gasteiger partial charge in [0.15, 0.2) is 0 Å². The van der Waals surface area contributed by atoms with Crippen LogP contribution in [0.25, 0.3) is 26.9 Å². The second-order valence-electron chi connectivity index (χ2n) is 3.86. The van der Waals surface area contributed by atoms with Crippen molar-refractivity contribution in [2.45, 2.75) is 0 Å². The van der Waals surface area contributed by atoms with Crippen molar-refractivity contribution in [1.82, 2.24) is 14.4 Å². The van der Waals surface area contributed by atoms with Crippen molar-refractivity contribution in [1.29, 1.82) is 0 Å². The van der Waals surface area contributed by atoms with E-state index in [1.807, 2.05) is 40.2 Å². The van der Waals surface area contributed by atoms with Crippen LogP contribution in [-0.2, 0) is 0 Å². The second kappa shape index (κ2) is 2.95. The molecule has 82 valence electrons. The summed E-state index contributed by atoms with van der Waals surface area (Å²) >= 11 is 1.45. The number of rotatable bonds is 0. The summed E-state index contributed by atoms with van der Waals surface area (Å²) in [5.74, 6) is 0. The molecule has 0 saturated carbocycles. The Hall–Kier alpha value is -2.14. The van der Waals surface area contributed by atoms with E-state index in [1.54, 1.807) is 0 Å². The van der Waals surface area contributed by atoms with Crippen LogP contribution in [0.1, 0.15) is 0 Å². The summed E-state index contributed by atoms with van der Waals surface area (Å²) in [6.07, 6.45) is 1.90. The predicted octanol–water partition coefficient (Wildman–Crippen LogP) is 2.39. The van der Waals surface area contributed by atoms with Crippen molar-refractivity contribution in [3.63, 3.8) is 0 Å². The van der Waals surface area contributed by atoms with Crippen LogP contribution < -0.4 is 5.56 Å². The number of thiophene rings is 1. The molecule has 17 heavy (non-hydrogen) atoms. The van der Waals surface area contributed by atoms with Crippen LogP contribution in [0.15, 0.2) is 40.6 Å². The van der Waals surface area contributed by atoms with E-state index in [0.717, 1.165) is 26.9 Å². The third kappa shape index (κ3) is 1.06. The molecule has 0 aromatic carbocycles. The molecule has 0 spiro atoms. The van der Waals surface area contributed by atoms with Gasteiger partial charge in [-0.1, -0.05) is 6.07 Å². The van der Waals surface area contributed by atoms with Gasteiger partial charge >= 0.3 is 0 Å². The van der Waals surface area contributed by atoms with Gasteiger partial charge in [0.25, 0.3) is 5.56 Å². The van der Waals surface area contributed by atoms with E-state index < -0.39 is 0 Å². The highest BCUT2D eigenvalue weighted by Crippen LogP contribution is 2.24. The van der Waals surface area contributed by atoms with Gasteiger partial charge in [0.2, 0.25) is 0 Å². The maximum absolute atomic E-state index is 11.9. The largest absolute Gasteiger partial charge is 0.305 e. The molecule has 4 nitrogen and oxygen atoms in total. The van der Waals surface area contributed by atoms with Crippen LogP contribution in [0.5, 0.6) is 0 Å². The summed E-state index contributed by atoms with van der Waals surface area (Å²) in [7, 11) is 0. The number of nitrogens with one attached hydrogen (secondary N) is 1. The van der Waals surface area contributed by atoms with Crippen molar-refractivity contribution in [2.75, 3.05) is 0 Å². The van der Waals surface area contributed by atoms with Crippen LogP contribution in [0.2, 0.25) is 0 Å². The molecule has 4 rings (SSSR count). The third-order valence-corrected chi connectivity index (χ3v) is 3.80. The van der Waals surface area contributed by atoms with Gasteiger partial charge in [-0.25, -0.2) is 4.98 Å². The van der Waals surface area contributed by atoms with Gasteiger partial charge in [-0.05, 0) is 23.6 Å². The van der Waals surface area contributed by atoms with Crippen LogP contribution >= 0.6 is 11.3 Å². The highest BCUT2D eigenvalue weighted by atomic mass is 32.1. The standard InChI is InChI=1S/C12H7N3OS/c16-12-10-7(4-6-17-10)9-11(14-12)15-5-2-1-3-8(15)13-9/h1-6H,(H,14,16). The van der Waals surface area contributed by atoms with Crippen molar-refractivity contribution < 1.29 is 0 Å². The molecule has 0 aliphatic carbocycles. The average molecular weight is 241 g/mol. The lowest BCUT2D eigenvalue weighted by Crippen LogP contribution is -2.04. The van der Waals surface area contributed by atoms with E-state index in [0.29, 0.717) is 0 Å². The Balaban J connectivity index is 2.43. The number of hydrogen-bond acceptors (Lipinski definition) is 3. The minimum Gasteiger partial charge on any atom is -0.305 e. The fraction of sp³-hybridized carbons (Fsp3) is 0. The molecule has 5 heteroatoms. The fourth-order valence-electron chi connectivity index (χ4n) is 2.14. The first-order chi connectivity index (χ1) is 8.34. The number of nitrogens with zero attached hydrogens (tertiary/aromatic N) is 2. The van der Waals surface area contributed by atoms with Crippen molar-refractivity contribution >= 4 is 38.2 Å². The average Bonchev–Trinajstić information content (AvgIpc) is 2.93. The van der Waals surface area contributed by atoms with E-state index >= 15 is 0 Å². The Bertz CT molecular complexity index is 916. The summed E-state index contributed by atoms with van der Waals surface area (Å²) in [4.78, 5) is 19.4. The summed E-state index contributed by atoms with van der Waals surface area (Å²) in [5.41, 5.74) is 2.41. The topological polar surface area (TPSA) is 50.2 Å². The Morgan fingerprint density at radius 3 is 3.18 bits per heavy atom. The van der Waals surface area contributed by atoms with E-state index in [9.17, 15) is 4.79 Å². The Labute approximate surface area is 99.2 Å². The van der Waals surface area contributed by atoms with Gasteiger partial charge in [-0.15, -0.1) is 11.3 Å². The minimum absolute atomic E-state index is 0.0480. The third-order valence-electron chi connectivity index (χ3n) is 2.89. The van der Waals surface area contributed by atoms with Crippen LogP contribution in [0.4, 0.5) is 0 Å². The van der Waals surface area contributed by atoms with Gasteiger partial charge < -0.3 is 4.98 Å². The summed E-state index contributed by atoms with van der Waals surface area (Å²) in [5, 5.41) is 2.85. The number of pyridine rings is 2. The Morgan fingerprint density at radius 2 is 2.24 bits per heavy atom. The molecule has 0 aliphatic rings. The quantitative estimate of drug-likeness (QED) is 0.514. The highest BCUT2D eigenvalue weighted by Gasteiger charge is 2.11. The van der Waals surface area contributed by atoms with Crippen LogP contribution in [0, 0.1) is 0 Å². The zero-order valence-electron chi connectivity index (χ0n) is 8.68. The zero-order valence-corrected chi connectivity index (χ0v) is 9.49. The van der Waals surface area contributed by atoms with E-state index in [2.05, 4.69) is 9.97 Å². The van der Waals surface area contributed by atoms with Gasteiger partial charge in [0.1, 0.15) is 21.5 Å². The number of H-pyrrole nitrogens is 1. The number of hydrogen-bond donors (Lipinski definition) is 1. The molecule has 0 fully saturated rings.